The third-order valence-electron chi connectivity index (χ3n) is 1.99. The SMILES string of the molecule is C#CCN(CCCOCC(F)(F)F)S(=O)(=O)CC. The topological polar surface area (TPSA) is 46.6 Å². The lowest BCUT2D eigenvalue weighted by atomic mass is 10.4. The van der Waals surface area contributed by atoms with Crippen LogP contribution in [0.1, 0.15) is 13.3 Å². The van der Waals surface area contributed by atoms with Gasteiger partial charge in [-0.25, -0.2) is 8.42 Å². The molecule has 0 radical (unpaired) electrons. The summed E-state index contributed by atoms with van der Waals surface area (Å²) in [6.45, 7) is -0.0604. The minimum Gasteiger partial charge on any atom is -0.372 e. The number of halogens is 3. The Bertz CT molecular complexity index is 373. The second-order valence-corrected chi connectivity index (χ2v) is 5.72. The number of nitrogens with zero attached hydrogens (tertiary/aromatic N) is 1. The normalized spacial score (nSPS) is 12.7. The van der Waals surface area contributed by atoms with Gasteiger partial charge in [-0.3, -0.25) is 0 Å². The zero-order valence-corrected chi connectivity index (χ0v) is 10.9. The molecule has 0 aromatic rings. The third-order valence-corrected chi connectivity index (χ3v) is 3.82. The van der Waals surface area contributed by atoms with Crippen molar-refractivity contribution in [2.45, 2.75) is 19.5 Å². The highest BCUT2D eigenvalue weighted by molar-refractivity contribution is 7.89. The van der Waals surface area contributed by atoms with Crippen molar-refractivity contribution in [2.24, 2.45) is 0 Å². The summed E-state index contributed by atoms with van der Waals surface area (Å²) in [5.74, 6) is 2.10. The van der Waals surface area contributed by atoms with E-state index >= 15 is 0 Å². The molecule has 0 spiro atoms. The number of rotatable bonds is 8. The lowest BCUT2D eigenvalue weighted by molar-refractivity contribution is -0.174. The van der Waals surface area contributed by atoms with Gasteiger partial charge in [-0.2, -0.15) is 17.5 Å². The van der Waals surface area contributed by atoms with E-state index < -0.39 is 22.8 Å². The molecule has 0 unspecified atom stereocenters. The van der Waals surface area contributed by atoms with Gasteiger partial charge in [0.1, 0.15) is 6.61 Å². The molecule has 0 bridgehead atoms. The van der Waals surface area contributed by atoms with E-state index in [1.54, 1.807) is 0 Å². The number of sulfonamides is 1. The highest BCUT2D eigenvalue weighted by Crippen LogP contribution is 2.14. The molecule has 0 aromatic carbocycles. The Morgan fingerprint density at radius 1 is 1.39 bits per heavy atom. The van der Waals surface area contributed by atoms with Crippen LogP contribution in [0.4, 0.5) is 13.2 Å². The molecule has 0 aromatic heterocycles. The van der Waals surface area contributed by atoms with Gasteiger partial charge in [0.05, 0.1) is 12.3 Å². The summed E-state index contributed by atoms with van der Waals surface area (Å²) in [7, 11) is -3.42. The van der Waals surface area contributed by atoms with Gasteiger partial charge in [-0.1, -0.05) is 5.92 Å². The van der Waals surface area contributed by atoms with Crippen LogP contribution in [0, 0.1) is 12.3 Å². The number of terminal acetylenes is 1. The minimum absolute atomic E-state index is 0.0538. The van der Waals surface area contributed by atoms with Crippen molar-refractivity contribution in [3.63, 3.8) is 0 Å². The summed E-state index contributed by atoms with van der Waals surface area (Å²) in [5, 5.41) is 0. The van der Waals surface area contributed by atoms with Crippen molar-refractivity contribution in [2.75, 3.05) is 32.1 Å². The van der Waals surface area contributed by atoms with Crippen LogP contribution < -0.4 is 0 Å². The zero-order valence-electron chi connectivity index (χ0n) is 10.0. The molecule has 0 aliphatic carbocycles. The molecule has 0 heterocycles. The molecule has 18 heavy (non-hydrogen) atoms. The van der Waals surface area contributed by atoms with E-state index in [-0.39, 0.29) is 31.9 Å². The molecule has 0 aliphatic heterocycles. The van der Waals surface area contributed by atoms with Crippen LogP contribution in [0.15, 0.2) is 0 Å². The van der Waals surface area contributed by atoms with E-state index in [1.165, 1.54) is 6.92 Å². The van der Waals surface area contributed by atoms with Gasteiger partial charge in [0.2, 0.25) is 10.0 Å². The summed E-state index contributed by atoms with van der Waals surface area (Å²) in [4.78, 5) is 0. The van der Waals surface area contributed by atoms with E-state index in [2.05, 4.69) is 10.7 Å². The molecule has 0 saturated carbocycles. The molecule has 0 atom stereocenters. The molecule has 0 saturated heterocycles. The predicted molar refractivity (Wildman–Crippen MR) is 61.4 cm³/mol. The predicted octanol–water partition coefficient (Wildman–Crippen LogP) is 1.24. The molecule has 0 aliphatic rings. The monoisotopic (exact) mass is 287 g/mol. The van der Waals surface area contributed by atoms with Gasteiger partial charge in [0.25, 0.3) is 0 Å². The molecule has 0 amide bonds. The van der Waals surface area contributed by atoms with Crippen LogP contribution in [-0.4, -0.2) is 51.0 Å². The average molecular weight is 287 g/mol. The van der Waals surface area contributed by atoms with Gasteiger partial charge in [0.15, 0.2) is 0 Å². The van der Waals surface area contributed by atoms with Crippen molar-refractivity contribution in [3.05, 3.63) is 0 Å². The van der Waals surface area contributed by atoms with Crippen molar-refractivity contribution in [3.8, 4) is 12.3 Å². The molecular weight excluding hydrogens is 271 g/mol. The highest BCUT2D eigenvalue weighted by atomic mass is 32.2. The van der Waals surface area contributed by atoms with E-state index in [1.807, 2.05) is 0 Å². The average Bonchev–Trinajstić information content (AvgIpc) is 2.25. The van der Waals surface area contributed by atoms with Gasteiger partial charge in [-0.15, -0.1) is 6.42 Å². The summed E-state index contributed by atoms with van der Waals surface area (Å²) in [5.41, 5.74) is 0. The first-order valence-corrected chi connectivity index (χ1v) is 6.89. The Balaban J connectivity index is 4.05. The van der Waals surface area contributed by atoms with E-state index in [0.717, 1.165) is 4.31 Å². The molecule has 8 heteroatoms. The second kappa shape index (κ2) is 7.61. The second-order valence-electron chi connectivity index (χ2n) is 3.46. The lowest BCUT2D eigenvalue weighted by Crippen LogP contribution is -2.34. The molecule has 0 fully saturated rings. The fourth-order valence-electron chi connectivity index (χ4n) is 1.13. The first-order valence-electron chi connectivity index (χ1n) is 5.28. The van der Waals surface area contributed by atoms with Crippen LogP contribution >= 0.6 is 0 Å². The van der Waals surface area contributed by atoms with Crippen LogP contribution in [-0.2, 0) is 14.8 Å². The maximum Gasteiger partial charge on any atom is 0.411 e. The van der Waals surface area contributed by atoms with E-state index in [9.17, 15) is 21.6 Å². The summed E-state index contributed by atoms with van der Waals surface area (Å²) in [6, 6.07) is 0. The number of hydrogen-bond acceptors (Lipinski definition) is 3. The van der Waals surface area contributed by atoms with Gasteiger partial charge in [-0.05, 0) is 13.3 Å². The smallest absolute Gasteiger partial charge is 0.372 e. The molecule has 106 valence electrons. The van der Waals surface area contributed by atoms with Crippen LogP contribution in [0.5, 0.6) is 0 Å². The maximum atomic E-state index is 11.7. The summed E-state index contributed by atoms with van der Waals surface area (Å²) in [6.07, 6.45) is 0.829. The largest absolute Gasteiger partial charge is 0.411 e. The maximum absolute atomic E-state index is 11.7. The van der Waals surface area contributed by atoms with Crippen LogP contribution in [0.3, 0.4) is 0 Å². The van der Waals surface area contributed by atoms with Crippen molar-refractivity contribution in [1.29, 1.82) is 0 Å². The minimum atomic E-state index is -4.37. The van der Waals surface area contributed by atoms with Crippen LogP contribution in [0.2, 0.25) is 0 Å². The van der Waals surface area contributed by atoms with Crippen molar-refractivity contribution < 1.29 is 26.3 Å². The first-order chi connectivity index (χ1) is 8.23. The Morgan fingerprint density at radius 3 is 2.44 bits per heavy atom. The van der Waals surface area contributed by atoms with E-state index in [0.29, 0.717) is 0 Å². The number of hydrogen-bond donors (Lipinski definition) is 0. The number of ether oxygens (including phenoxy) is 1. The van der Waals surface area contributed by atoms with Crippen molar-refractivity contribution >= 4 is 10.0 Å². The fourth-order valence-corrected chi connectivity index (χ4v) is 2.18. The Morgan fingerprint density at radius 2 is 2.00 bits per heavy atom. The third kappa shape index (κ3) is 7.53. The first kappa shape index (κ1) is 17.2. The van der Waals surface area contributed by atoms with Crippen LogP contribution in [0.25, 0.3) is 0 Å². The Hall–Kier alpha value is -0.780. The summed E-state index contributed by atoms with van der Waals surface area (Å²) < 4.78 is 63.7. The molecule has 0 rings (SSSR count). The van der Waals surface area contributed by atoms with Gasteiger partial charge >= 0.3 is 6.18 Å². The van der Waals surface area contributed by atoms with Gasteiger partial charge in [0, 0.05) is 13.2 Å². The highest BCUT2D eigenvalue weighted by Gasteiger charge is 2.27. The number of alkyl halides is 3. The zero-order chi connectivity index (χ0) is 14.2. The quantitative estimate of drug-likeness (QED) is 0.498. The Labute approximate surface area is 105 Å². The molecule has 0 N–H and O–H groups in total. The van der Waals surface area contributed by atoms with Crippen molar-refractivity contribution in [1.82, 2.24) is 4.31 Å². The van der Waals surface area contributed by atoms with Gasteiger partial charge < -0.3 is 4.74 Å². The molecular formula is C10H16F3NO3S. The molecule has 4 nitrogen and oxygen atoms in total. The standard InChI is InChI=1S/C10H16F3NO3S/c1-3-6-14(18(15,16)4-2)7-5-8-17-9-10(11,12)13/h1H,4-9H2,2H3. The van der Waals surface area contributed by atoms with E-state index in [4.69, 9.17) is 6.42 Å². The summed E-state index contributed by atoms with van der Waals surface area (Å²) >= 11 is 0. The lowest BCUT2D eigenvalue weighted by Gasteiger charge is -2.18. The Kier molecular flexibility index (Phi) is 7.28. The fraction of sp³-hybridized carbons (Fsp3) is 0.800.